The van der Waals surface area contributed by atoms with E-state index in [0.717, 1.165) is 24.6 Å². The van der Waals surface area contributed by atoms with Gasteiger partial charge in [-0.25, -0.2) is 4.98 Å². The molecule has 0 radical (unpaired) electrons. The molecule has 1 saturated carbocycles. The van der Waals surface area contributed by atoms with Crippen molar-refractivity contribution in [2.75, 3.05) is 18.4 Å². The molecule has 0 bridgehead atoms. The fraction of sp³-hybridized carbons (Fsp3) is 0.615. The number of pyridine rings is 1. The van der Waals surface area contributed by atoms with Crippen LogP contribution in [0.5, 0.6) is 0 Å². The van der Waals surface area contributed by atoms with Crippen molar-refractivity contribution in [3.05, 3.63) is 23.9 Å². The largest absolute Gasteiger partial charge is 0.369 e. The summed E-state index contributed by atoms with van der Waals surface area (Å²) in [6.45, 7) is 3.76. The molecule has 1 aliphatic rings. The van der Waals surface area contributed by atoms with Crippen molar-refractivity contribution in [1.82, 2.24) is 4.98 Å². The maximum atomic E-state index is 5.90. The van der Waals surface area contributed by atoms with Gasteiger partial charge in [0.15, 0.2) is 0 Å². The third-order valence-corrected chi connectivity index (χ3v) is 3.63. The molecule has 1 aromatic rings. The van der Waals surface area contributed by atoms with E-state index in [0.29, 0.717) is 5.41 Å². The van der Waals surface area contributed by atoms with Crippen molar-refractivity contribution in [3.8, 4) is 0 Å². The molecule has 16 heavy (non-hydrogen) atoms. The first-order valence-electron chi connectivity index (χ1n) is 6.12. The Morgan fingerprint density at radius 3 is 2.75 bits per heavy atom. The van der Waals surface area contributed by atoms with Crippen LogP contribution in [0.25, 0.3) is 0 Å². The lowest BCUT2D eigenvalue weighted by molar-refractivity contribution is 0.332. The lowest BCUT2D eigenvalue weighted by Crippen LogP contribution is -2.34. The third kappa shape index (κ3) is 2.53. The zero-order chi connectivity index (χ0) is 11.4. The van der Waals surface area contributed by atoms with Gasteiger partial charge in [0.05, 0.1) is 0 Å². The maximum absolute atomic E-state index is 5.90. The highest BCUT2D eigenvalue weighted by atomic mass is 15.0. The van der Waals surface area contributed by atoms with Crippen molar-refractivity contribution in [1.29, 1.82) is 0 Å². The van der Waals surface area contributed by atoms with E-state index in [9.17, 15) is 0 Å². The predicted molar refractivity (Wildman–Crippen MR) is 67.4 cm³/mol. The average Bonchev–Trinajstić information content (AvgIpc) is 2.76. The van der Waals surface area contributed by atoms with Gasteiger partial charge in [-0.05, 0) is 43.9 Å². The second kappa shape index (κ2) is 4.83. The van der Waals surface area contributed by atoms with E-state index in [1.54, 1.807) is 0 Å². The van der Waals surface area contributed by atoms with Crippen molar-refractivity contribution >= 4 is 5.82 Å². The van der Waals surface area contributed by atoms with Gasteiger partial charge in [-0.3, -0.25) is 0 Å². The van der Waals surface area contributed by atoms with E-state index >= 15 is 0 Å². The standard InChI is InChI=1S/C13H21N3/c1-11-5-4-6-12(16-11)15-10-13(9-14)7-2-3-8-13/h4-6H,2-3,7-10,14H2,1H3,(H,15,16). The fourth-order valence-electron chi connectivity index (χ4n) is 2.50. The summed E-state index contributed by atoms with van der Waals surface area (Å²) in [7, 11) is 0. The maximum Gasteiger partial charge on any atom is 0.126 e. The van der Waals surface area contributed by atoms with Gasteiger partial charge >= 0.3 is 0 Å². The van der Waals surface area contributed by atoms with Crippen LogP contribution in [-0.2, 0) is 0 Å². The summed E-state index contributed by atoms with van der Waals surface area (Å²) >= 11 is 0. The first kappa shape index (κ1) is 11.4. The van der Waals surface area contributed by atoms with E-state index in [-0.39, 0.29) is 0 Å². The molecule has 0 spiro atoms. The number of hydrogen-bond donors (Lipinski definition) is 2. The SMILES string of the molecule is Cc1cccc(NCC2(CN)CCCC2)n1. The van der Waals surface area contributed by atoms with Crippen LogP contribution in [0.2, 0.25) is 0 Å². The van der Waals surface area contributed by atoms with Gasteiger partial charge in [0.25, 0.3) is 0 Å². The smallest absolute Gasteiger partial charge is 0.126 e. The van der Waals surface area contributed by atoms with Crippen LogP contribution in [0, 0.1) is 12.3 Å². The Balaban J connectivity index is 1.95. The van der Waals surface area contributed by atoms with Crippen LogP contribution < -0.4 is 11.1 Å². The summed E-state index contributed by atoms with van der Waals surface area (Å²) in [6, 6.07) is 6.07. The lowest BCUT2D eigenvalue weighted by atomic mass is 9.86. The Morgan fingerprint density at radius 2 is 2.12 bits per heavy atom. The number of nitrogens with two attached hydrogens (primary N) is 1. The van der Waals surface area contributed by atoms with E-state index in [4.69, 9.17) is 5.73 Å². The summed E-state index contributed by atoms with van der Waals surface area (Å²) in [4.78, 5) is 4.45. The van der Waals surface area contributed by atoms with Gasteiger partial charge in [0, 0.05) is 12.2 Å². The highest BCUT2D eigenvalue weighted by Crippen LogP contribution is 2.37. The Labute approximate surface area is 97.5 Å². The summed E-state index contributed by atoms with van der Waals surface area (Å²) in [5.74, 6) is 0.972. The Morgan fingerprint density at radius 1 is 1.38 bits per heavy atom. The number of rotatable bonds is 4. The molecular weight excluding hydrogens is 198 g/mol. The number of aromatic nitrogens is 1. The molecule has 1 aromatic heterocycles. The number of nitrogens with one attached hydrogen (secondary N) is 1. The fourth-order valence-corrected chi connectivity index (χ4v) is 2.50. The topological polar surface area (TPSA) is 50.9 Å². The molecule has 3 nitrogen and oxygen atoms in total. The summed E-state index contributed by atoms with van der Waals surface area (Å²) < 4.78 is 0. The van der Waals surface area contributed by atoms with E-state index in [1.165, 1.54) is 25.7 Å². The van der Waals surface area contributed by atoms with Gasteiger partial charge in [-0.1, -0.05) is 18.9 Å². The van der Waals surface area contributed by atoms with Crippen LogP contribution in [0.4, 0.5) is 5.82 Å². The van der Waals surface area contributed by atoms with E-state index in [2.05, 4.69) is 10.3 Å². The molecule has 0 atom stereocenters. The van der Waals surface area contributed by atoms with Crippen molar-refractivity contribution in [2.45, 2.75) is 32.6 Å². The molecule has 88 valence electrons. The molecule has 0 aromatic carbocycles. The first-order valence-corrected chi connectivity index (χ1v) is 6.12. The molecule has 1 aliphatic carbocycles. The molecule has 3 heteroatoms. The van der Waals surface area contributed by atoms with E-state index < -0.39 is 0 Å². The molecule has 1 fully saturated rings. The van der Waals surface area contributed by atoms with Crippen molar-refractivity contribution in [3.63, 3.8) is 0 Å². The van der Waals surface area contributed by atoms with Gasteiger partial charge in [0.2, 0.25) is 0 Å². The summed E-state index contributed by atoms with van der Waals surface area (Å²) in [5, 5.41) is 3.43. The number of anilines is 1. The van der Waals surface area contributed by atoms with E-state index in [1.807, 2.05) is 25.1 Å². The normalized spacial score (nSPS) is 18.6. The highest BCUT2D eigenvalue weighted by Gasteiger charge is 2.32. The Kier molecular flexibility index (Phi) is 3.44. The second-order valence-corrected chi connectivity index (χ2v) is 4.93. The second-order valence-electron chi connectivity index (χ2n) is 4.93. The van der Waals surface area contributed by atoms with Crippen molar-refractivity contribution < 1.29 is 0 Å². The molecule has 1 heterocycles. The minimum atomic E-state index is 0.311. The minimum Gasteiger partial charge on any atom is -0.369 e. The molecule has 2 rings (SSSR count). The van der Waals surface area contributed by atoms with Crippen LogP contribution in [-0.4, -0.2) is 18.1 Å². The molecule has 0 amide bonds. The molecular formula is C13H21N3. The van der Waals surface area contributed by atoms with Crippen LogP contribution in [0.1, 0.15) is 31.4 Å². The highest BCUT2D eigenvalue weighted by molar-refractivity contribution is 5.35. The summed E-state index contributed by atoms with van der Waals surface area (Å²) in [5.41, 5.74) is 7.27. The van der Waals surface area contributed by atoms with Crippen LogP contribution in [0.15, 0.2) is 18.2 Å². The lowest BCUT2D eigenvalue weighted by Gasteiger charge is -2.27. The van der Waals surface area contributed by atoms with Crippen LogP contribution in [0.3, 0.4) is 0 Å². The minimum absolute atomic E-state index is 0.311. The monoisotopic (exact) mass is 219 g/mol. The quantitative estimate of drug-likeness (QED) is 0.817. The van der Waals surface area contributed by atoms with Crippen LogP contribution >= 0.6 is 0 Å². The molecule has 0 unspecified atom stereocenters. The van der Waals surface area contributed by atoms with Crippen molar-refractivity contribution in [2.24, 2.45) is 11.1 Å². The molecule has 0 aliphatic heterocycles. The molecule has 0 saturated heterocycles. The molecule has 3 N–H and O–H groups in total. The number of aryl methyl sites for hydroxylation is 1. The van der Waals surface area contributed by atoms with Gasteiger partial charge in [0.1, 0.15) is 5.82 Å². The predicted octanol–water partition coefficient (Wildman–Crippen LogP) is 2.32. The third-order valence-electron chi connectivity index (χ3n) is 3.63. The Bertz CT molecular complexity index is 343. The zero-order valence-corrected chi connectivity index (χ0v) is 10.00. The first-order chi connectivity index (χ1) is 7.74. The number of hydrogen-bond acceptors (Lipinski definition) is 3. The number of nitrogens with zero attached hydrogens (tertiary/aromatic N) is 1. The average molecular weight is 219 g/mol. The Hall–Kier alpha value is -1.09. The van der Waals surface area contributed by atoms with Gasteiger partial charge in [-0.15, -0.1) is 0 Å². The van der Waals surface area contributed by atoms with Gasteiger partial charge in [-0.2, -0.15) is 0 Å². The summed E-state index contributed by atoms with van der Waals surface area (Å²) in [6.07, 6.45) is 5.14. The zero-order valence-electron chi connectivity index (χ0n) is 10.00. The van der Waals surface area contributed by atoms with Gasteiger partial charge < -0.3 is 11.1 Å².